The zero-order valence-corrected chi connectivity index (χ0v) is 12.9. The van der Waals surface area contributed by atoms with Crippen molar-refractivity contribution in [1.29, 1.82) is 0 Å². The molecule has 1 rings (SSSR count). The van der Waals surface area contributed by atoms with Crippen LogP contribution in [-0.2, 0) is 9.47 Å². The highest BCUT2D eigenvalue weighted by Crippen LogP contribution is 2.15. The van der Waals surface area contributed by atoms with Crippen molar-refractivity contribution in [3.05, 3.63) is 23.9 Å². The van der Waals surface area contributed by atoms with Gasteiger partial charge >= 0.3 is 6.09 Å². The van der Waals surface area contributed by atoms with Crippen molar-refractivity contribution >= 4 is 17.7 Å². The molecule has 0 fully saturated rings. The summed E-state index contributed by atoms with van der Waals surface area (Å²) < 4.78 is 10.4. The van der Waals surface area contributed by atoms with Crippen LogP contribution in [0.4, 0.5) is 10.6 Å². The molecular formula is C15H22N2O4. The quantitative estimate of drug-likeness (QED) is 0.644. The lowest BCUT2D eigenvalue weighted by molar-refractivity contribution is 0.0635. The largest absolute Gasteiger partial charge is 0.444 e. The van der Waals surface area contributed by atoms with Gasteiger partial charge in [-0.3, -0.25) is 10.1 Å². The highest BCUT2D eigenvalue weighted by molar-refractivity contribution is 6.03. The number of pyridine rings is 1. The van der Waals surface area contributed by atoms with Crippen LogP contribution in [0.5, 0.6) is 0 Å². The Morgan fingerprint density at radius 3 is 2.67 bits per heavy atom. The van der Waals surface area contributed by atoms with Crippen molar-refractivity contribution in [2.75, 3.05) is 18.5 Å². The molecule has 1 aromatic heterocycles. The molecule has 0 spiro atoms. The van der Waals surface area contributed by atoms with Crippen molar-refractivity contribution in [3.63, 3.8) is 0 Å². The number of aromatic nitrogens is 1. The van der Waals surface area contributed by atoms with E-state index < -0.39 is 11.7 Å². The molecule has 1 aromatic rings. The van der Waals surface area contributed by atoms with Crippen LogP contribution in [0.15, 0.2) is 18.3 Å². The fourth-order valence-corrected chi connectivity index (χ4v) is 1.52. The normalized spacial score (nSPS) is 11.0. The average molecular weight is 294 g/mol. The van der Waals surface area contributed by atoms with Crippen LogP contribution in [-0.4, -0.2) is 35.7 Å². The first kappa shape index (κ1) is 17.1. The summed E-state index contributed by atoms with van der Waals surface area (Å²) >= 11 is 0. The second-order valence-electron chi connectivity index (χ2n) is 5.50. The minimum absolute atomic E-state index is 0.0392. The Hall–Kier alpha value is -1.95. The Kier molecular flexibility index (Phi) is 6.30. The van der Waals surface area contributed by atoms with Crippen LogP contribution in [0, 0.1) is 0 Å². The molecule has 0 saturated carbocycles. The van der Waals surface area contributed by atoms with E-state index in [1.807, 2.05) is 6.92 Å². The maximum Gasteiger partial charge on any atom is 0.413 e. The first-order valence-electron chi connectivity index (χ1n) is 6.89. The third kappa shape index (κ3) is 6.35. The minimum Gasteiger partial charge on any atom is -0.444 e. The number of carbonyl (C=O) groups is 2. The summed E-state index contributed by atoms with van der Waals surface area (Å²) in [5.74, 6) is -0.0561. The van der Waals surface area contributed by atoms with Crippen LogP contribution >= 0.6 is 0 Å². The molecule has 0 bridgehead atoms. The van der Waals surface area contributed by atoms with Gasteiger partial charge in [0, 0.05) is 12.8 Å². The van der Waals surface area contributed by atoms with Gasteiger partial charge in [-0.25, -0.2) is 9.78 Å². The Bertz CT molecular complexity index is 495. The molecule has 0 saturated heterocycles. The molecule has 6 heteroatoms. The molecule has 1 amide bonds. The van der Waals surface area contributed by atoms with Crippen LogP contribution in [0.25, 0.3) is 0 Å². The summed E-state index contributed by atoms with van der Waals surface area (Å²) in [5, 5.41) is 2.49. The molecule has 6 nitrogen and oxygen atoms in total. The van der Waals surface area contributed by atoms with E-state index in [2.05, 4.69) is 10.3 Å². The number of nitrogens with zero attached hydrogens (tertiary/aromatic N) is 1. The Morgan fingerprint density at radius 2 is 2.05 bits per heavy atom. The lowest BCUT2D eigenvalue weighted by atomic mass is 10.2. The number of ketones is 1. The third-order valence-electron chi connectivity index (χ3n) is 2.31. The zero-order chi connectivity index (χ0) is 15.9. The Balaban J connectivity index is 2.75. The highest BCUT2D eigenvalue weighted by Gasteiger charge is 2.19. The molecule has 1 heterocycles. The Morgan fingerprint density at radius 1 is 1.33 bits per heavy atom. The predicted molar refractivity (Wildman–Crippen MR) is 79.5 cm³/mol. The summed E-state index contributed by atoms with van der Waals surface area (Å²) in [6.07, 6.45) is 1.68. The number of amides is 1. The van der Waals surface area contributed by atoms with Crippen molar-refractivity contribution in [1.82, 2.24) is 4.98 Å². The van der Waals surface area contributed by atoms with Crippen molar-refractivity contribution in [3.8, 4) is 0 Å². The van der Waals surface area contributed by atoms with Crippen LogP contribution in [0.1, 0.15) is 44.5 Å². The molecule has 0 radical (unpaired) electrons. The van der Waals surface area contributed by atoms with E-state index in [9.17, 15) is 9.59 Å². The van der Waals surface area contributed by atoms with Gasteiger partial charge in [0.15, 0.2) is 5.78 Å². The molecule has 0 aliphatic carbocycles. The van der Waals surface area contributed by atoms with Crippen molar-refractivity contribution in [2.24, 2.45) is 0 Å². The molecule has 0 aliphatic rings. The van der Waals surface area contributed by atoms with E-state index in [1.165, 1.54) is 6.20 Å². The monoisotopic (exact) mass is 294 g/mol. The van der Waals surface area contributed by atoms with E-state index >= 15 is 0 Å². The first-order chi connectivity index (χ1) is 9.83. The number of ether oxygens (including phenoxy) is 2. The van der Waals surface area contributed by atoms with Crippen LogP contribution in [0.3, 0.4) is 0 Å². The highest BCUT2D eigenvalue weighted by atomic mass is 16.6. The number of carbonyl (C=O) groups excluding carboxylic acids is 2. The van der Waals surface area contributed by atoms with E-state index in [1.54, 1.807) is 32.9 Å². The minimum atomic E-state index is -0.648. The van der Waals surface area contributed by atoms with Gasteiger partial charge in [0.1, 0.15) is 18.0 Å². The summed E-state index contributed by atoms with van der Waals surface area (Å²) in [7, 11) is 0. The third-order valence-corrected chi connectivity index (χ3v) is 2.31. The number of hydrogen-bond donors (Lipinski definition) is 1. The Labute approximate surface area is 124 Å². The number of rotatable bonds is 6. The molecule has 116 valence electrons. The zero-order valence-electron chi connectivity index (χ0n) is 12.9. The van der Waals surface area contributed by atoms with E-state index in [0.29, 0.717) is 12.2 Å². The second kappa shape index (κ2) is 7.73. The fourth-order valence-electron chi connectivity index (χ4n) is 1.52. The fraction of sp³-hybridized carbons (Fsp3) is 0.533. The van der Waals surface area contributed by atoms with Gasteiger partial charge in [0.05, 0.1) is 5.56 Å². The molecule has 0 aromatic carbocycles. The predicted octanol–water partition coefficient (Wildman–Crippen LogP) is 3.04. The molecule has 1 N–H and O–H groups in total. The van der Waals surface area contributed by atoms with Gasteiger partial charge in [-0.15, -0.1) is 0 Å². The SMILES string of the molecule is CCCOCC(=O)c1cccnc1NC(=O)OC(C)(C)C. The molecular weight excluding hydrogens is 272 g/mol. The number of Topliss-reactive ketones (excluding diaryl/α,β-unsaturated/α-hetero) is 1. The van der Waals surface area contributed by atoms with Crippen LogP contribution < -0.4 is 5.32 Å². The number of anilines is 1. The average Bonchev–Trinajstić information content (AvgIpc) is 2.37. The van der Waals surface area contributed by atoms with Gasteiger partial charge < -0.3 is 9.47 Å². The van der Waals surface area contributed by atoms with Gasteiger partial charge in [-0.05, 0) is 39.3 Å². The molecule has 0 atom stereocenters. The van der Waals surface area contributed by atoms with E-state index in [-0.39, 0.29) is 18.2 Å². The first-order valence-corrected chi connectivity index (χ1v) is 6.89. The van der Waals surface area contributed by atoms with Gasteiger partial charge in [-0.2, -0.15) is 0 Å². The van der Waals surface area contributed by atoms with E-state index in [4.69, 9.17) is 9.47 Å². The smallest absolute Gasteiger partial charge is 0.413 e. The molecule has 0 unspecified atom stereocenters. The van der Waals surface area contributed by atoms with Crippen LogP contribution in [0.2, 0.25) is 0 Å². The topological polar surface area (TPSA) is 77.5 Å². The van der Waals surface area contributed by atoms with Gasteiger partial charge in [0.25, 0.3) is 0 Å². The van der Waals surface area contributed by atoms with E-state index in [0.717, 1.165) is 6.42 Å². The molecule has 0 aliphatic heterocycles. The summed E-state index contributed by atoms with van der Waals surface area (Å²) in [6.45, 7) is 7.72. The van der Waals surface area contributed by atoms with Gasteiger partial charge in [-0.1, -0.05) is 6.92 Å². The lowest BCUT2D eigenvalue weighted by Gasteiger charge is -2.19. The maximum absolute atomic E-state index is 12.0. The summed E-state index contributed by atoms with van der Waals surface area (Å²) in [5.41, 5.74) is -0.313. The maximum atomic E-state index is 12.0. The van der Waals surface area contributed by atoms with Gasteiger partial charge in [0.2, 0.25) is 0 Å². The lowest BCUT2D eigenvalue weighted by Crippen LogP contribution is -2.28. The second-order valence-corrected chi connectivity index (χ2v) is 5.50. The summed E-state index contributed by atoms with van der Waals surface area (Å²) in [4.78, 5) is 27.8. The number of nitrogens with one attached hydrogen (secondary N) is 1. The standard InChI is InChI=1S/C15H22N2O4/c1-5-9-20-10-12(18)11-7-6-8-16-13(11)17-14(19)21-15(2,3)4/h6-8H,5,9-10H2,1-4H3,(H,16,17,19). The summed E-state index contributed by atoms with van der Waals surface area (Å²) in [6, 6.07) is 3.23. The van der Waals surface area contributed by atoms with Crippen molar-refractivity contribution < 1.29 is 19.1 Å². The number of hydrogen-bond acceptors (Lipinski definition) is 5. The van der Waals surface area contributed by atoms with Crippen molar-refractivity contribution in [2.45, 2.75) is 39.7 Å². The molecule has 21 heavy (non-hydrogen) atoms.